The molecule has 25 heavy (non-hydrogen) atoms. The summed E-state index contributed by atoms with van der Waals surface area (Å²) in [5, 5.41) is 10.5. The summed E-state index contributed by atoms with van der Waals surface area (Å²) in [7, 11) is 0. The first-order valence-electron chi connectivity index (χ1n) is 11.1. The third kappa shape index (κ3) is 19.4. The summed E-state index contributed by atoms with van der Waals surface area (Å²) in [4.78, 5) is 0. The number of hydrogen-bond acceptors (Lipinski definition) is 2. The molecule has 0 atom stereocenters. The zero-order valence-electron chi connectivity index (χ0n) is 17.2. The molecule has 3 heteroatoms. The molecule has 0 spiro atoms. The first kappa shape index (κ1) is 24.3. The van der Waals surface area contributed by atoms with Crippen molar-refractivity contribution in [2.24, 2.45) is 0 Å². The molecule has 150 valence electrons. The molecule has 0 bridgehead atoms. The molecule has 0 fully saturated rings. The third-order valence-electron chi connectivity index (χ3n) is 4.84. The maximum absolute atomic E-state index is 10.5. The van der Waals surface area contributed by atoms with Gasteiger partial charge < -0.3 is 9.99 Å². The molecule has 0 saturated carbocycles. The number of rotatable bonds is 19. The maximum atomic E-state index is 10.5. The lowest BCUT2D eigenvalue weighted by Crippen LogP contribution is -2.14. The molecule has 0 aliphatic heterocycles. The minimum absolute atomic E-state index is 0.281. The molecule has 0 rings (SSSR count). The van der Waals surface area contributed by atoms with Crippen molar-refractivity contribution in [1.29, 1.82) is 0 Å². The van der Waals surface area contributed by atoms with Gasteiger partial charge in [0.2, 0.25) is 0 Å². The molecular formula is C22H44O3. The smallest absolute Gasteiger partial charge is 0.497 e. The SMILES string of the molecule is CCCCCCCCCCCCCCCCCC(OCCCC)=[O+][O-]. The summed E-state index contributed by atoms with van der Waals surface area (Å²) in [5.74, 6) is 0.281. The molecule has 0 heterocycles. The van der Waals surface area contributed by atoms with E-state index in [1.165, 1.54) is 89.9 Å². The number of esters is 1. The quantitative estimate of drug-likeness (QED) is 0.0883. The van der Waals surface area contributed by atoms with Gasteiger partial charge in [-0.1, -0.05) is 110 Å². The summed E-state index contributed by atoms with van der Waals surface area (Å²) in [6.45, 7) is 4.99. The summed E-state index contributed by atoms with van der Waals surface area (Å²) in [5.41, 5.74) is 0. The Bertz CT molecular complexity index is 276. The van der Waals surface area contributed by atoms with Gasteiger partial charge in [0.25, 0.3) is 0 Å². The fourth-order valence-electron chi connectivity index (χ4n) is 3.11. The second-order valence-corrected chi connectivity index (χ2v) is 7.36. The number of ether oxygens (including phenoxy) is 1. The van der Waals surface area contributed by atoms with E-state index in [4.69, 9.17) is 4.74 Å². The van der Waals surface area contributed by atoms with Crippen molar-refractivity contribution in [3.8, 4) is 0 Å². The highest BCUT2D eigenvalue weighted by Gasteiger charge is 2.12. The summed E-state index contributed by atoms with van der Waals surface area (Å²) >= 11 is 0. The maximum Gasteiger partial charge on any atom is 0.497 e. The van der Waals surface area contributed by atoms with Crippen LogP contribution in [0.2, 0.25) is 0 Å². The number of unbranched alkanes of at least 4 members (excludes halogenated alkanes) is 15. The predicted octanol–water partition coefficient (Wildman–Crippen LogP) is 6.40. The topological polar surface area (TPSA) is 43.6 Å². The lowest BCUT2D eigenvalue weighted by molar-refractivity contribution is -1.05. The van der Waals surface area contributed by atoms with Crippen LogP contribution < -0.4 is 5.26 Å². The zero-order valence-corrected chi connectivity index (χ0v) is 17.2. The average molecular weight is 357 g/mol. The minimum Gasteiger partial charge on any atom is -0.588 e. The van der Waals surface area contributed by atoms with Crippen molar-refractivity contribution < 1.29 is 14.6 Å². The summed E-state index contributed by atoms with van der Waals surface area (Å²) in [6, 6.07) is 0. The summed E-state index contributed by atoms with van der Waals surface area (Å²) < 4.78 is 9.39. The standard InChI is InChI=1S/C22H44O3/c1-3-5-7-8-9-10-11-12-13-14-15-16-17-18-19-20-22(25-23)24-21-6-4-2/h3-21H2,1-2H3. The number of hydrogen-bond donors (Lipinski definition) is 0. The predicted molar refractivity (Wildman–Crippen MR) is 105 cm³/mol. The molecule has 0 aliphatic carbocycles. The van der Waals surface area contributed by atoms with Crippen molar-refractivity contribution in [1.82, 2.24) is 0 Å². The van der Waals surface area contributed by atoms with Crippen LogP contribution in [-0.4, -0.2) is 12.6 Å². The average Bonchev–Trinajstić information content (AvgIpc) is 2.63. The van der Waals surface area contributed by atoms with Gasteiger partial charge in [0.1, 0.15) is 6.42 Å². The molecule has 0 aromatic rings. The van der Waals surface area contributed by atoms with Gasteiger partial charge in [0.15, 0.2) is 6.61 Å². The van der Waals surface area contributed by atoms with Gasteiger partial charge in [-0.2, -0.15) is 0 Å². The Hall–Kier alpha value is -0.730. The monoisotopic (exact) mass is 356 g/mol. The van der Waals surface area contributed by atoms with Gasteiger partial charge >= 0.3 is 5.97 Å². The minimum atomic E-state index is 0.281. The molecule has 0 aliphatic rings. The van der Waals surface area contributed by atoms with E-state index in [9.17, 15) is 5.26 Å². The molecule has 0 saturated heterocycles. The van der Waals surface area contributed by atoms with E-state index in [0.29, 0.717) is 13.0 Å². The molecule has 0 amide bonds. The van der Waals surface area contributed by atoms with E-state index in [2.05, 4.69) is 18.4 Å². The second kappa shape index (κ2) is 21.3. The molecule has 0 unspecified atom stereocenters. The largest absolute Gasteiger partial charge is 0.588 e. The van der Waals surface area contributed by atoms with Crippen LogP contribution in [-0.2, 0) is 9.31 Å². The van der Waals surface area contributed by atoms with Crippen LogP contribution >= 0.6 is 0 Å². The van der Waals surface area contributed by atoms with Crippen LogP contribution in [0.3, 0.4) is 0 Å². The van der Waals surface area contributed by atoms with Crippen LogP contribution in [0.25, 0.3) is 0 Å². The molecular weight excluding hydrogens is 312 g/mol. The highest BCUT2D eigenvalue weighted by molar-refractivity contribution is 5.69. The van der Waals surface area contributed by atoms with Gasteiger partial charge in [-0.25, -0.2) is 0 Å². The second-order valence-electron chi connectivity index (χ2n) is 7.36. The Kier molecular flexibility index (Phi) is 20.7. The Balaban J connectivity index is 3.18. The molecule has 0 N–H and O–H groups in total. The fraction of sp³-hybridized carbons (Fsp3) is 0.955. The van der Waals surface area contributed by atoms with Crippen LogP contribution in [0, 0.1) is 0 Å². The van der Waals surface area contributed by atoms with Gasteiger partial charge in [-0.3, -0.25) is 4.58 Å². The van der Waals surface area contributed by atoms with Crippen molar-refractivity contribution in [3.05, 3.63) is 0 Å². The van der Waals surface area contributed by atoms with Crippen molar-refractivity contribution in [2.45, 2.75) is 129 Å². The first-order valence-corrected chi connectivity index (χ1v) is 11.1. The lowest BCUT2D eigenvalue weighted by atomic mass is 10.0. The van der Waals surface area contributed by atoms with E-state index >= 15 is 0 Å². The van der Waals surface area contributed by atoms with E-state index in [1.54, 1.807) is 0 Å². The van der Waals surface area contributed by atoms with E-state index in [0.717, 1.165) is 19.3 Å². The van der Waals surface area contributed by atoms with E-state index in [1.807, 2.05) is 0 Å². The Morgan fingerprint density at radius 2 is 1.00 bits per heavy atom. The van der Waals surface area contributed by atoms with Crippen molar-refractivity contribution >= 4 is 5.97 Å². The number of carbonyl (C=O) groups excluding carboxylic acids is 1. The lowest BCUT2D eigenvalue weighted by Gasteiger charge is -2.03. The van der Waals surface area contributed by atoms with Crippen LogP contribution in [0.5, 0.6) is 0 Å². The summed E-state index contributed by atoms with van der Waals surface area (Å²) in [6.07, 6.45) is 23.0. The molecule has 0 radical (unpaired) electrons. The highest BCUT2D eigenvalue weighted by Crippen LogP contribution is 2.13. The van der Waals surface area contributed by atoms with Crippen LogP contribution in [0.15, 0.2) is 0 Å². The van der Waals surface area contributed by atoms with Gasteiger partial charge in [0, 0.05) is 6.42 Å². The Morgan fingerprint density at radius 3 is 1.40 bits per heavy atom. The first-order chi connectivity index (χ1) is 12.3. The van der Waals surface area contributed by atoms with Gasteiger partial charge in [-0.15, -0.1) is 0 Å². The third-order valence-corrected chi connectivity index (χ3v) is 4.84. The normalized spacial score (nSPS) is 11.8. The zero-order chi connectivity index (χ0) is 18.4. The fourth-order valence-corrected chi connectivity index (χ4v) is 3.11. The van der Waals surface area contributed by atoms with Gasteiger partial charge in [-0.05, 0) is 6.42 Å². The molecule has 0 aromatic heterocycles. The Morgan fingerprint density at radius 1 is 0.600 bits per heavy atom. The van der Waals surface area contributed by atoms with Crippen LogP contribution in [0.4, 0.5) is 0 Å². The van der Waals surface area contributed by atoms with Crippen LogP contribution in [0.1, 0.15) is 129 Å². The van der Waals surface area contributed by atoms with Gasteiger partial charge in [0.05, 0.1) is 0 Å². The van der Waals surface area contributed by atoms with Crippen molar-refractivity contribution in [3.63, 3.8) is 0 Å². The molecule has 3 nitrogen and oxygen atoms in total. The van der Waals surface area contributed by atoms with E-state index < -0.39 is 0 Å². The molecule has 0 aromatic carbocycles. The highest BCUT2D eigenvalue weighted by atomic mass is 17.1. The Labute approximate surface area is 157 Å². The van der Waals surface area contributed by atoms with E-state index in [-0.39, 0.29) is 5.97 Å². The van der Waals surface area contributed by atoms with Crippen molar-refractivity contribution in [2.75, 3.05) is 6.61 Å².